The van der Waals surface area contributed by atoms with Gasteiger partial charge in [-0.1, -0.05) is 17.8 Å². The second-order valence-corrected chi connectivity index (χ2v) is 4.97. The van der Waals surface area contributed by atoms with Crippen LogP contribution in [0.4, 0.5) is 0 Å². The average molecular weight is 236 g/mol. The van der Waals surface area contributed by atoms with Crippen LogP contribution in [0.1, 0.15) is 11.3 Å². The molecule has 0 fully saturated rings. The average Bonchev–Trinajstić information content (AvgIpc) is 2.75. The van der Waals surface area contributed by atoms with Gasteiger partial charge in [0.2, 0.25) is 0 Å². The van der Waals surface area contributed by atoms with Crippen molar-refractivity contribution in [3.63, 3.8) is 0 Å². The Kier molecular flexibility index (Phi) is 3.07. The lowest BCUT2D eigenvalue weighted by atomic mass is 10.2. The van der Waals surface area contributed by atoms with Gasteiger partial charge < -0.3 is 0 Å². The molecule has 0 saturated carbocycles. The third kappa shape index (κ3) is 2.06. The Morgan fingerprint density at radius 2 is 2.07 bits per heavy atom. The fraction of sp³-hybridized carbons (Fsp3) is 0.273. The number of thiophene rings is 1. The molecule has 0 amide bonds. The van der Waals surface area contributed by atoms with Crippen LogP contribution in [0.5, 0.6) is 0 Å². The molecular weight excluding hydrogens is 224 g/mol. The number of nitrogens with zero attached hydrogens (tertiary/aromatic N) is 2. The molecule has 78 valence electrons. The molecule has 2 aromatic heterocycles. The normalized spacial score (nSPS) is 10.6. The fourth-order valence-electron chi connectivity index (χ4n) is 1.35. The molecule has 2 nitrogen and oxygen atoms in total. The summed E-state index contributed by atoms with van der Waals surface area (Å²) in [5.74, 6) is 0. The Morgan fingerprint density at radius 3 is 2.67 bits per heavy atom. The maximum Gasteiger partial charge on any atom is 0.188 e. The smallest absolute Gasteiger partial charge is 0.188 e. The number of aromatic nitrogens is 2. The molecule has 0 aromatic carbocycles. The minimum atomic E-state index is 0.849. The first-order valence-electron chi connectivity index (χ1n) is 4.65. The molecule has 15 heavy (non-hydrogen) atoms. The van der Waals surface area contributed by atoms with Gasteiger partial charge in [0, 0.05) is 5.69 Å². The van der Waals surface area contributed by atoms with Gasteiger partial charge in [-0.05, 0) is 37.1 Å². The van der Waals surface area contributed by atoms with Gasteiger partial charge in [0.25, 0.3) is 0 Å². The Hall–Kier alpha value is -0.870. The summed E-state index contributed by atoms with van der Waals surface area (Å²) < 4.78 is 0. The summed E-state index contributed by atoms with van der Waals surface area (Å²) in [6, 6.07) is 4.15. The van der Waals surface area contributed by atoms with E-state index >= 15 is 0 Å². The highest BCUT2D eigenvalue weighted by atomic mass is 32.2. The first-order chi connectivity index (χ1) is 7.22. The van der Waals surface area contributed by atoms with Crippen LogP contribution in [-0.4, -0.2) is 16.2 Å². The Bertz CT molecular complexity index is 464. The van der Waals surface area contributed by atoms with Gasteiger partial charge in [-0.15, -0.1) is 11.3 Å². The largest absolute Gasteiger partial charge is 0.228 e. The van der Waals surface area contributed by atoms with E-state index in [1.54, 1.807) is 23.1 Å². The molecule has 0 aliphatic heterocycles. The zero-order valence-electron chi connectivity index (χ0n) is 8.94. The molecule has 0 atom stereocenters. The Morgan fingerprint density at radius 1 is 1.27 bits per heavy atom. The summed E-state index contributed by atoms with van der Waals surface area (Å²) in [7, 11) is 0. The first-order valence-corrected chi connectivity index (χ1v) is 6.76. The van der Waals surface area contributed by atoms with E-state index in [1.165, 1.54) is 10.4 Å². The summed E-state index contributed by atoms with van der Waals surface area (Å²) in [5, 5.41) is 2.92. The van der Waals surface area contributed by atoms with Gasteiger partial charge in [-0.2, -0.15) is 0 Å². The standard InChI is InChI=1S/C11H12N2S2/c1-7-8(2)12-11(14-3)13-10(7)9-5-4-6-15-9/h4-6H,1-3H3. The van der Waals surface area contributed by atoms with E-state index in [4.69, 9.17) is 0 Å². The maximum absolute atomic E-state index is 4.56. The molecule has 2 aromatic rings. The topological polar surface area (TPSA) is 25.8 Å². The van der Waals surface area contributed by atoms with E-state index in [2.05, 4.69) is 34.4 Å². The monoisotopic (exact) mass is 236 g/mol. The minimum absolute atomic E-state index is 0.849. The van der Waals surface area contributed by atoms with Crippen molar-refractivity contribution in [1.29, 1.82) is 0 Å². The molecule has 2 rings (SSSR count). The predicted octanol–water partition coefficient (Wildman–Crippen LogP) is 3.54. The van der Waals surface area contributed by atoms with Crippen LogP contribution in [0.2, 0.25) is 0 Å². The number of aryl methyl sites for hydroxylation is 1. The molecule has 0 N–H and O–H groups in total. The van der Waals surface area contributed by atoms with Crippen molar-refractivity contribution in [2.45, 2.75) is 19.0 Å². The molecule has 0 radical (unpaired) electrons. The first kappa shape index (κ1) is 10.6. The number of rotatable bonds is 2. The van der Waals surface area contributed by atoms with Crippen molar-refractivity contribution in [2.75, 3.05) is 6.26 Å². The van der Waals surface area contributed by atoms with Crippen molar-refractivity contribution in [1.82, 2.24) is 9.97 Å². The van der Waals surface area contributed by atoms with Crippen LogP contribution in [-0.2, 0) is 0 Å². The Labute approximate surface area is 97.8 Å². The quantitative estimate of drug-likeness (QED) is 0.589. The van der Waals surface area contributed by atoms with Gasteiger partial charge >= 0.3 is 0 Å². The third-order valence-electron chi connectivity index (χ3n) is 2.31. The summed E-state index contributed by atoms with van der Waals surface area (Å²) in [6.07, 6.45) is 2.00. The van der Waals surface area contributed by atoms with E-state index in [1.807, 2.05) is 13.2 Å². The summed E-state index contributed by atoms with van der Waals surface area (Å²) in [4.78, 5) is 10.2. The van der Waals surface area contributed by atoms with Gasteiger partial charge in [-0.25, -0.2) is 9.97 Å². The highest BCUT2D eigenvalue weighted by Crippen LogP contribution is 2.28. The van der Waals surface area contributed by atoms with E-state index in [-0.39, 0.29) is 0 Å². The molecule has 0 bridgehead atoms. The van der Waals surface area contributed by atoms with Crippen molar-refractivity contribution in [3.8, 4) is 10.6 Å². The van der Waals surface area contributed by atoms with Crippen molar-refractivity contribution >= 4 is 23.1 Å². The predicted molar refractivity (Wildman–Crippen MR) is 66.6 cm³/mol. The fourth-order valence-corrected chi connectivity index (χ4v) is 2.53. The zero-order valence-corrected chi connectivity index (χ0v) is 10.6. The maximum atomic E-state index is 4.56. The van der Waals surface area contributed by atoms with Gasteiger partial charge in [-0.3, -0.25) is 0 Å². The molecular formula is C11H12N2S2. The number of thioether (sulfide) groups is 1. The zero-order chi connectivity index (χ0) is 10.8. The lowest BCUT2D eigenvalue weighted by Crippen LogP contribution is -1.97. The summed E-state index contributed by atoms with van der Waals surface area (Å²) >= 11 is 3.30. The lowest BCUT2D eigenvalue weighted by molar-refractivity contribution is 0.923. The molecule has 0 aliphatic rings. The van der Waals surface area contributed by atoms with Crippen molar-refractivity contribution < 1.29 is 0 Å². The van der Waals surface area contributed by atoms with Crippen LogP contribution >= 0.6 is 23.1 Å². The molecule has 0 unspecified atom stereocenters. The highest BCUT2D eigenvalue weighted by Gasteiger charge is 2.09. The van der Waals surface area contributed by atoms with Crippen LogP contribution in [0.15, 0.2) is 22.7 Å². The van der Waals surface area contributed by atoms with Crippen LogP contribution in [0.3, 0.4) is 0 Å². The summed E-state index contributed by atoms with van der Waals surface area (Å²) in [5.41, 5.74) is 3.31. The van der Waals surface area contributed by atoms with E-state index < -0.39 is 0 Å². The van der Waals surface area contributed by atoms with E-state index in [0.29, 0.717) is 0 Å². The van der Waals surface area contributed by atoms with Gasteiger partial charge in [0.05, 0.1) is 10.6 Å². The SMILES string of the molecule is CSc1nc(C)c(C)c(-c2cccs2)n1. The Balaban J connectivity index is 2.60. The second-order valence-electron chi connectivity index (χ2n) is 3.25. The highest BCUT2D eigenvalue weighted by molar-refractivity contribution is 7.98. The molecule has 0 saturated heterocycles. The van der Waals surface area contributed by atoms with E-state index in [0.717, 1.165) is 16.5 Å². The molecule has 0 aliphatic carbocycles. The minimum Gasteiger partial charge on any atom is -0.228 e. The molecule has 4 heteroatoms. The number of hydrogen-bond acceptors (Lipinski definition) is 4. The van der Waals surface area contributed by atoms with Gasteiger partial charge in [0.15, 0.2) is 5.16 Å². The molecule has 2 heterocycles. The van der Waals surface area contributed by atoms with Gasteiger partial charge in [0.1, 0.15) is 0 Å². The summed E-state index contributed by atoms with van der Waals surface area (Å²) in [6.45, 7) is 4.11. The van der Waals surface area contributed by atoms with Crippen molar-refractivity contribution in [3.05, 3.63) is 28.8 Å². The van der Waals surface area contributed by atoms with Crippen molar-refractivity contribution in [2.24, 2.45) is 0 Å². The molecule has 0 spiro atoms. The van der Waals surface area contributed by atoms with E-state index in [9.17, 15) is 0 Å². The van der Waals surface area contributed by atoms with Crippen LogP contribution in [0.25, 0.3) is 10.6 Å². The lowest BCUT2D eigenvalue weighted by Gasteiger charge is -2.07. The number of hydrogen-bond donors (Lipinski definition) is 0. The third-order valence-corrected chi connectivity index (χ3v) is 3.73. The van der Waals surface area contributed by atoms with Crippen LogP contribution in [0, 0.1) is 13.8 Å². The second kappa shape index (κ2) is 4.33. The van der Waals surface area contributed by atoms with Crippen LogP contribution < -0.4 is 0 Å².